The van der Waals surface area contributed by atoms with Crippen LogP contribution in [-0.2, 0) is 20.7 Å². The molecule has 11 nitrogen and oxygen atoms in total. The number of amides is 3. The molecule has 0 spiro atoms. The number of rotatable bonds is 8. The normalized spacial score (nSPS) is 13.5. The van der Waals surface area contributed by atoms with Crippen molar-refractivity contribution in [3.63, 3.8) is 0 Å². The minimum Gasteiger partial charge on any atom is -0.480 e. The molecule has 1 heterocycles. The Hall–Kier alpha value is -4.41. The van der Waals surface area contributed by atoms with Gasteiger partial charge in [0.15, 0.2) is 0 Å². The van der Waals surface area contributed by atoms with Gasteiger partial charge in [-0.1, -0.05) is 18.2 Å². The third-order valence-corrected chi connectivity index (χ3v) is 4.62. The number of hydrogen-bond donors (Lipinski definition) is 5. The predicted molar refractivity (Wildman–Crippen MR) is 125 cm³/mol. The molecule has 178 valence electrons. The van der Waals surface area contributed by atoms with Gasteiger partial charge in [0, 0.05) is 23.4 Å². The third kappa shape index (κ3) is 7.05. The summed E-state index contributed by atoms with van der Waals surface area (Å²) in [7, 11) is 0. The van der Waals surface area contributed by atoms with E-state index in [4.69, 9.17) is 4.74 Å². The second-order valence-corrected chi connectivity index (χ2v) is 7.76. The molecule has 0 saturated heterocycles. The molecule has 0 bridgehead atoms. The lowest BCUT2D eigenvalue weighted by atomic mass is 10.1. The molecule has 0 radical (unpaired) electrons. The predicted octanol–water partition coefficient (Wildman–Crippen LogP) is 1.97. The lowest BCUT2D eigenvalue weighted by Crippen LogP contribution is -2.43. The Kier molecular flexibility index (Phi) is 7.80. The first-order valence-corrected chi connectivity index (χ1v) is 10.5. The monoisotopic (exact) mass is 467 g/mol. The van der Waals surface area contributed by atoms with Gasteiger partial charge in [0.05, 0.1) is 12.6 Å². The molecule has 11 heteroatoms. The number of aliphatic carboxylic acids is 1. The van der Waals surface area contributed by atoms with Crippen LogP contribution in [0.25, 0.3) is 0 Å². The van der Waals surface area contributed by atoms with Gasteiger partial charge in [-0.05, 0) is 49.7 Å². The van der Waals surface area contributed by atoms with E-state index in [1.54, 1.807) is 62.4 Å². The van der Waals surface area contributed by atoms with Gasteiger partial charge in [-0.25, -0.2) is 9.59 Å². The number of carboxylic acids is 1. The van der Waals surface area contributed by atoms with E-state index in [-0.39, 0.29) is 30.9 Å². The fraction of sp³-hybridized carbons (Fsp3) is 0.261. The molecule has 0 unspecified atom stereocenters. The first-order valence-electron chi connectivity index (χ1n) is 10.5. The number of hydrogen-bond acceptors (Lipinski definition) is 7. The molecule has 2 aromatic carbocycles. The molecule has 1 aliphatic rings. The van der Waals surface area contributed by atoms with Crippen molar-refractivity contribution in [3.05, 3.63) is 59.7 Å². The molecule has 3 amide bonds. The summed E-state index contributed by atoms with van der Waals surface area (Å²) in [4.78, 5) is 50.9. The van der Waals surface area contributed by atoms with Crippen LogP contribution in [0.5, 0.6) is 0 Å². The minimum absolute atomic E-state index is 0.0465. The van der Waals surface area contributed by atoms with Crippen LogP contribution in [0.1, 0.15) is 29.8 Å². The number of carboxylic acid groups (broad SMARTS) is 1. The van der Waals surface area contributed by atoms with Crippen molar-refractivity contribution >= 4 is 41.2 Å². The van der Waals surface area contributed by atoms with Crippen molar-refractivity contribution in [1.29, 1.82) is 0 Å². The summed E-state index contributed by atoms with van der Waals surface area (Å²) in [6.07, 6.45) is -1.12. The molecular formula is C23H25N5O6. The molecule has 0 aromatic heterocycles. The zero-order chi connectivity index (χ0) is 24.7. The number of aliphatic imine (C=N–C) groups is 1. The van der Waals surface area contributed by atoms with E-state index in [0.717, 1.165) is 0 Å². The van der Waals surface area contributed by atoms with E-state index in [2.05, 4.69) is 26.3 Å². The second kappa shape index (κ2) is 10.9. The molecule has 0 saturated carbocycles. The molecule has 1 atom stereocenters. The molecule has 1 aliphatic heterocycles. The van der Waals surface area contributed by atoms with E-state index in [0.29, 0.717) is 28.5 Å². The maximum Gasteiger partial charge on any atom is 0.408 e. The molecule has 0 aliphatic carbocycles. The number of anilines is 2. The Balaban J connectivity index is 1.59. The number of guanidine groups is 1. The maximum atomic E-state index is 12.6. The largest absolute Gasteiger partial charge is 0.480 e. The standard InChI is InChI=1S/C23H25N5O6/c1-13(2)34-23(33)27-18(21(31)32)10-14-6-8-16(9-7-14)25-20(30)15-4-3-5-17(11-15)26-22-24-12-19(29)28-22/h3-9,11,13,18H,10,12H2,1-2H3,(H,25,30)(H,27,33)(H,31,32)(H2,24,26,28,29)/t18-/m0/s1. The molecule has 2 aromatic rings. The van der Waals surface area contributed by atoms with E-state index in [1.807, 2.05) is 0 Å². The highest BCUT2D eigenvalue weighted by molar-refractivity contribution is 6.08. The van der Waals surface area contributed by atoms with Crippen LogP contribution in [0, 0.1) is 0 Å². The van der Waals surface area contributed by atoms with Gasteiger partial charge in [-0.3, -0.25) is 9.59 Å². The SMILES string of the molecule is CC(C)OC(=O)N[C@@H](Cc1ccc(NC(=O)c2cccc(NC3=NC(=O)CN3)c2)cc1)C(=O)O. The lowest BCUT2D eigenvalue weighted by molar-refractivity contribution is -0.139. The van der Waals surface area contributed by atoms with Gasteiger partial charge >= 0.3 is 12.1 Å². The first kappa shape index (κ1) is 24.2. The van der Waals surface area contributed by atoms with Crippen LogP contribution in [0.2, 0.25) is 0 Å². The van der Waals surface area contributed by atoms with Crippen molar-refractivity contribution in [2.24, 2.45) is 4.99 Å². The fourth-order valence-electron chi connectivity index (χ4n) is 3.06. The van der Waals surface area contributed by atoms with E-state index in [9.17, 15) is 24.3 Å². The summed E-state index contributed by atoms with van der Waals surface area (Å²) >= 11 is 0. The summed E-state index contributed by atoms with van der Waals surface area (Å²) in [6.45, 7) is 3.46. The van der Waals surface area contributed by atoms with Crippen molar-refractivity contribution in [1.82, 2.24) is 10.6 Å². The number of benzene rings is 2. The van der Waals surface area contributed by atoms with Gasteiger partial charge < -0.3 is 31.1 Å². The van der Waals surface area contributed by atoms with Crippen LogP contribution in [0.15, 0.2) is 53.5 Å². The average molecular weight is 467 g/mol. The molecule has 3 rings (SSSR count). The third-order valence-electron chi connectivity index (χ3n) is 4.62. The molecule has 5 N–H and O–H groups in total. The van der Waals surface area contributed by atoms with Gasteiger partial charge in [0.2, 0.25) is 5.96 Å². The summed E-state index contributed by atoms with van der Waals surface area (Å²) in [5.41, 5.74) is 2.14. The van der Waals surface area contributed by atoms with Crippen LogP contribution < -0.4 is 21.3 Å². The highest BCUT2D eigenvalue weighted by Gasteiger charge is 2.22. The Labute approximate surface area is 195 Å². The lowest BCUT2D eigenvalue weighted by Gasteiger charge is -2.16. The second-order valence-electron chi connectivity index (χ2n) is 7.76. The summed E-state index contributed by atoms with van der Waals surface area (Å²) in [5, 5.41) is 20.2. The number of nitrogens with zero attached hydrogens (tertiary/aromatic N) is 1. The number of ether oxygens (including phenoxy) is 1. The molecule has 34 heavy (non-hydrogen) atoms. The first-order chi connectivity index (χ1) is 16.2. The van der Waals surface area contributed by atoms with Crippen LogP contribution in [0.4, 0.5) is 16.2 Å². The topological polar surface area (TPSA) is 158 Å². The number of carbonyl (C=O) groups is 4. The fourth-order valence-corrected chi connectivity index (χ4v) is 3.06. The smallest absolute Gasteiger partial charge is 0.408 e. The summed E-state index contributed by atoms with van der Waals surface area (Å²) in [6, 6.07) is 12.2. The van der Waals surface area contributed by atoms with E-state index < -0.39 is 18.1 Å². The van der Waals surface area contributed by atoms with E-state index in [1.165, 1.54) is 0 Å². The van der Waals surface area contributed by atoms with Gasteiger partial charge in [-0.15, -0.1) is 0 Å². The van der Waals surface area contributed by atoms with Gasteiger partial charge in [0.1, 0.15) is 6.04 Å². The quantitative estimate of drug-likeness (QED) is 0.394. The Morgan fingerprint density at radius 1 is 1.12 bits per heavy atom. The van der Waals surface area contributed by atoms with Crippen LogP contribution in [-0.4, -0.2) is 53.6 Å². The highest BCUT2D eigenvalue weighted by Crippen LogP contribution is 2.16. The average Bonchev–Trinajstić information content (AvgIpc) is 3.18. The number of alkyl carbamates (subject to hydrolysis) is 1. The summed E-state index contributed by atoms with van der Waals surface area (Å²) < 4.78 is 4.93. The maximum absolute atomic E-state index is 12.6. The van der Waals surface area contributed by atoms with Crippen LogP contribution >= 0.6 is 0 Å². The van der Waals surface area contributed by atoms with E-state index >= 15 is 0 Å². The van der Waals surface area contributed by atoms with Gasteiger partial charge in [0.25, 0.3) is 11.8 Å². The zero-order valence-corrected chi connectivity index (χ0v) is 18.6. The number of nitrogens with one attached hydrogen (secondary N) is 4. The Morgan fingerprint density at radius 2 is 1.85 bits per heavy atom. The zero-order valence-electron chi connectivity index (χ0n) is 18.6. The van der Waals surface area contributed by atoms with Crippen molar-refractivity contribution in [3.8, 4) is 0 Å². The Bertz CT molecular complexity index is 1110. The van der Waals surface area contributed by atoms with Crippen molar-refractivity contribution in [2.45, 2.75) is 32.4 Å². The minimum atomic E-state index is -1.19. The summed E-state index contributed by atoms with van der Waals surface area (Å²) in [5.74, 6) is -1.49. The molecular weight excluding hydrogens is 442 g/mol. The molecule has 0 fully saturated rings. The van der Waals surface area contributed by atoms with Crippen LogP contribution in [0.3, 0.4) is 0 Å². The van der Waals surface area contributed by atoms with Gasteiger partial charge in [-0.2, -0.15) is 4.99 Å². The highest BCUT2D eigenvalue weighted by atomic mass is 16.6. The van der Waals surface area contributed by atoms with Crippen molar-refractivity contribution in [2.75, 3.05) is 17.2 Å². The van der Waals surface area contributed by atoms with Crippen molar-refractivity contribution < 1.29 is 29.0 Å². The Morgan fingerprint density at radius 3 is 2.47 bits per heavy atom. The number of carbonyl (C=O) groups excluding carboxylic acids is 3.